The van der Waals surface area contributed by atoms with E-state index in [1.165, 1.54) is 6.20 Å². The highest BCUT2D eigenvalue weighted by atomic mass is 16.2. The molecule has 6 nitrogen and oxygen atoms in total. The van der Waals surface area contributed by atoms with Crippen molar-refractivity contribution in [1.82, 2.24) is 14.8 Å². The molecule has 0 saturated heterocycles. The van der Waals surface area contributed by atoms with Crippen LogP contribution in [0.5, 0.6) is 0 Å². The average molecular weight is 296 g/mol. The van der Waals surface area contributed by atoms with Gasteiger partial charge in [0.2, 0.25) is 5.43 Å². The second-order valence-corrected chi connectivity index (χ2v) is 5.29. The molecular weight excluding hydrogens is 280 g/mol. The van der Waals surface area contributed by atoms with Crippen molar-refractivity contribution in [2.45, 2.75) is 19.9 Å². The number of nitrogens with one attached hydrogen (secondary N) is 2. The topological polar surface area (TPSA) is 79.8 Å². The van der Waals surface area contributed by atoms with Crippen molar-refractivity contribution < 1.29 is 4.79 Å². The zero-order valence-electron chi connectivity index (χ0n) is 12.3. The number of rotatable bonds is 3. The Morgan fingerprint density at radius 1 is 1.27 bits per heavy atom. The first kappa shape index (κ1) is 14.1. The minimum absolute atomic E-state index is 0.0789. The Labute approximate surface area is 126 Å². The number of hydrogen-bond acceptors (Lipinski definition) is 3. The summed E-state index contributed by atoms with van der Waals surface area (Å²) >= 11 is 0. The van der Waals surface area contributed by atoms with Crippen molar-refractivity contribution in [1.29, 1.82) is 0 Å². The summed E-state index contributed by atoms with van der Waals surface area (Å²) in [6.07, 6.45) is 3.05. The molecule has 0 radical (unpaired) electrons. The van der Waals surface area contributed by atoms with E-state index in [0.29, 0.717) is 16.7 Å². The normalized spacial score (nSPS) is 11.0. The molecule has 2 heterocycles. The first-order valence-electron chi connectivity index (χ1n) is 7.03. The molecule has 1 amide bonds. The third-order valence-electron chi connectivity index (χ3n) is 3.43. The van der Waals surface area contributed by atoms with Crippen LogP contribution in [0.25, 0.3) is 10.9 Å². The van der Waals surface area contributed by atoms with E-state index in [9.17, 15) is 9.59 Å². The largest absolute Gasteiger partial charge is 0.360 e. The van der Waals surface area contributed by atoms with Crippen molar-refractivity contribution in [2.75, 3.05) is 5.32 Å². The maximum atomic E-state index is 12.4. The smallest absolute Gasteiger partial charge is 0.262 e. The monoisotopic (exact) mass is 296 g/mol. The molecule has 2 aromatic heterocycles. The Kier molecular flexibility index (Phi) is 3.50. The van der Waals surface area contributed by atoms with Crippen molar-refractivity contribution in [2.24, 2.45) is 0 Å². The second kappa shape index (κ2) is 5.48. The molecule has 0 unspecified atom stereocenters. The lowest BCUT2D eigenvalue weighted by atomic mass is 10.1. The Balaban J connectivity index is 1.97. The van der Waals surface area contributed by atoms with Gasteiger partial charge in [-0.3, -0.25) is 9.59 Å². The van der Waals surface area contributed by atoms with Gasteiger partial charge in [-0.25, -0.2) is 4.68 Å². The van der Waals surface area contributed by atoms with Crippen molar-refractivity contribution in [3.8, 4) is 0 Å². The predicted octanol–water partition coefficient (Wildman–Crippen LogP) is 2.56. The lowest BCUT2D eigenvalue weighted by molar-refractivity contribution is 0.102. The molecule has 0 aliphatic heterocycles. The number of pyridine rings is 1. The maximum absolute atomic E-state index is 12.4. The number of H-pyrrole nitrogens is 1. The van der Waals surface area contributed by atoms with Crippen molar-refractivity contribution in [3.63, 3.8) is 0 Å². The van der Waals surface area contributed by atoms with Crippen LogP contribution in [0.1, 0.15) is 30.2 Å². The fourth-order valence-electron chi connectivity index (χ4n) is 2.34. The number of anilines is 1. The van der Waals surface area contributed by atoms with Crippen molar-refractivity contribution >= 4 is 22.6 Å². The first-order valence-corrected chi connectivity index (χ1v) is 7.03. The van der Waals surface area contributed by atoms with Crippen LogP contribution in [0.4, 0.5) is 5.82 Å². The zero-order chi connectivity index (χ0) is 15.7. The minimum Gasteiger partial charge on any atom is -0.360 e. The summed E-state index contributed by atoms with van der Waals surface area (Å²) in [4.78, 5) is 27.8. The van der Waals surface area contributed by atoms with Crippen LogP contribution in [0.2, 0.25) is 0 Å². The number of fused-ring (bicyclic) bond motifs is 1. The molecule has 0 aliphatic carbocycles. The van der Waals surface area contributed by atoms with Gasteiger partial charge in [0.15, 0.2) is 0 Å². The molecule has 0 saturated carbocycles. The van der Waals surface area contributed by atoms with E-state index in [-0.39, 0.29) is 17.0 Å². The summed E-state index contributed by atoms with van der Waals surface area (Å²) in [5.41, 5.74) is 0.494. The fraction of sp³-hybridized carbons (Fsp3) is 0.188. The number of benzene rings is 1. The highest BCUT2D eigenvalue weighted by Gasteiger charge is 2.15. The minimum atomic E-state index is -0.450. The highest BCUT2D eigenvalue weighted by Crippen LogP contribution is 2.14. The maximum Gasteiger partial charge on any atom is 0.262 e. The third-order valence-corrected chi connectivity index (χ3v) is 3.43. The number of aromatic nitrogens is 3. The van der Waals surface area contributed by atoms with Gasteiger partial charge in [0.1, 0.15) is 11.4 Å². The first-order chi connectivity index (χ1) is 10.6. The molecule has 3 rings (SSSR count). The van der Waals surface area contributed by atoms with Gasteiger partial charge >= 0.3 is 0 Å². The molecule has 0 aliphatic rings. The van der Waals surface area contributed by atoms with Gasteiger partial charge in [0.05, 0.1) is 6.20 Å². The summed E-state index contributed by atoms with van der Waals surface area (Å²) in [7, 11) is 0. The van der Waals surface area contributed by atoms with Crippen LogP contribution in [0.15, 0.2) is 47.5 Å². The lowest BCUT2D eigenvalue weighted by Crippen LogP contribution is -2.23. The van der Waals surface area contributed by atoms with E-state index in [0.717, 1.165) is 0 Å². The van der Waals surface area contributed by atoms with E-state index < -0.39 is 5.91 Å². The van der Waals surface area contributed by atoms with Gasteiger partial charge in [-0.1, -0.05) is 12.1 Å². The number of amides is 1. The van der Waals surface area contributed by atoms with Crippen LogP contribution in [0.3, 0.4) is 0 Å². The van der Waals surface area contributed by atoms with Gasteiger partial charge in [0, 0.05) is 29.2 Å². The van der Waals surface area contributed by atoms with E-state index in [4.69, 9.17) is 0 Å². The fourth-order valence-corrected chi connectivity index (χ4v) is 2.34. The van der Waals surface area contributed by atoms with Crippen LogP contribution in [0, 0.1) is 0 Å². The van der Waals surface area contributed by atoms with Gasteiger partial charge in [-0.05, 0) is 26.0 Å². The highest BCUT2D eigenvalue weighted by molar-refractivity contribution is 6.05. The molecule has 0 atom stereocenters. The number of nitrogens with zero attached hydrogens (tertiary/aromatic N) is 2. The van der Waals surface area contributed by atoms with Crippen molar-refractivity contribution in [3.05, 3.63) is 58.5 Å². The zero-order valence-corrected chi connectivity index (χ0v) is 12.3. The number of carbonyl (C=O) groups is 1. The number of para-hydroxylation sites is 1. The van der Waals surface area contributed by atoms with Gasteiger partial charge in [-0.2, -0.15) is 5.10 Å². The van der Waals surface area contributed by atoms with Crippen LogP contribution in [-0.2, 0) is 0 Å². The van der Waals surface area contributed by atoms with E-state index in [1.807, 2.05) is 19.9 Å². The van der Waals surface area contributed by atoms with Gasteiger partial charge < -0.3 is 10.3 Å². The summed E-state index contributed by atoms with van der Waals surface area (Å²) < 4.78 is 1.69. The molecule has 0 fully saturated rings. The van der Waals surface area contributed by atoms with E-state index >= 15 is 0 Å². The number of hydrogen-bond donors (Lipinski definition) is 2. The van der Waals surface area contributed by atoms with Crippen LogP contribution < -0.4 is 10.7 Å². The molecule has 6 heteroatoms. The molecule has 0 bridgehead atoms. The molecule has 1 aromatic carbocycles. The summed E-state index contributed by atoms with van der Waals surface area (Å²) in [5, 5.41) is 7.38. The van der Waals surface area contributed by atoms with Crippen LogP contribution >= 0.6 is 0 Å². The number of aromatic amines is 1. The third kappa shape index (κ3) is 2.39. The van der Waals surface area contributed by atoms with Gasteiger partial charge in [-0.15, -0.1) is 0 Å². The standard InChI is InChI=1S/C16H16N4O2/c1-10(2)20-14(7-8-18-20)19-16(22)12-9-17-13-6-4-3-5-11(13)15(12)21/h3-10H,1-2H3,(H,17,21)(H,19,22). The summed E-state index contributed by atoms with van der Waals surface area (Å²) in [5.74, 6) is 0.113. The predicted molar refractivity (Wildman–Crippen MR) is 85.1 cm³/mol. The SMILES string of the molecule is CC(C)n1nccc1NC(=O)c1c[nH]c2ccccc2c1=O. The second-order valence-electron chi connectivity index (χ2n) is 5.29. The summed E-state index contributed by atoms with van der Waals surface area (Å²) in [6, 6.07) is 8.91. The Bertz CT molecular complexity index is 892. The Morgan fingerprint density at radius 3 is 2.82 bits per heavy atom. The van der Waals surface area contributed by atoms with E-state index in [2.05, 4.69) is 15.4 Å². The molecule has 112 valence electrons. The van der Waals surface area contributed by atoms with E-state index in [1.54, 1.807) is 35.1 Å². The molecular formula is C16H16N4O2. The molecule has 0 spiro atoms. The van der Waals surface area contributed by atoms with Crippen LogP contribution in [-0.4, -0.2) is 20.7 Å². The summed E-state index contributed by atoms with van der Waals surface area (Å²) in [6.45, 7) is 3.93. The Hall–Kier alpha value is -2.89. The Morgan fingerprint density at radius 2 is 2.05 bits per heavy atom. The average Bonchev–Trinajstić information content (AvgIpc) is 2.96. The quantitative estimate of drug-likeness (QED) is 0.779. The molecule has 3 aromatic rings. The molecule has 22 heavy (non-hydrogen) atoms. The van der Waals surface area contributed by atoms with Gasteiger partial charge in [0.25, 0.3) is 5.91 Å². The number of carbonyl (C=O) groups excluding carboxylic acids is 1. The lowest BCUT2D eigenvalue weighted by Gasteiger charge is -2.11. The molecule has 2 N–H and O–H groups in total.